The predicted molar refractivity (Wildman–Crippen MR) is 165 cm³/mol. The van der Waals surface area contributed by atoms with Gasteiger partial charge >= 0.3 is 12.1 Å². The zero-order valence-corrected chi connectivity index (χ0v) is 27.1. The Morgan fingerprint density at radius 2 is 1.47 bits per heavy atom. The number of hydrogen-bond donors (Lipinski definition) is 0. The number of amides is 1. The summed E-state index contributed by atoms with van der Waals surface area (Å²) in [4.78, 5) is 24.9. The van der Waals surface area contributed by atoms with Crippen molar-refractivity contribution in [2.24, 2.45) is 0 Å². The van der Waals surface area contributed by atoms with Gasteiger partial charge in [-0.05, 0) is 72.1 Å². The van der Waals surface area contributed by atoms with Crippen LogP contribution in [-0.2, 0) is 39.8 Å². The highest BCUT2D eigenvalue weighted by Crippen LogP contribution is 2.16. The largest absolute Gasteiger partial charge is 0.432 e. The standard InChI is InChI=1S/C14H20O3.C10H14O2.C9H17NO4/c1-9(2)16-12(5)17-14(15)13-10(3)7-6-8-11(13)4;1-2-11-9-12-8-10-6-4-3-5-7-10;1-8(2)13-7-14-9(11)10-3-5-12-6-4-10/h6-9,12H,1-5H3;3-7H,2,8-9H2,1H3;8H,3-7H2,1-2H3. The molecule has 0 saturated carbocycles. The Hall–Kier alpha value is -3.02. The second-order valence-electron chi connectivity index (χ2n) is 10.2. The quantitative estimate of drug-likeness (QED) is 0.157. The van der Waals surface area contributed by atoms with Crippen LogP contribution in [0.4, 0.5) is 4.79 Å². The van der Waals surface area contributed by atoms with Gasteiger partial charge in [0.25, 0.3) is 0 Å². The summed E-state index contributed by atoms with van der Waals surface area (Å²) >= 11 is 0. The van der Waals surface area contributed by atoms with Gasteiger partial charge in [-0.25, -0.2) is 9.59 Å². The summed E-state index contributed by atoms with van der Waals surface area (Å²) in [7, 11) is 0. The van der Waals surface area contributed by atoms with Crippen molar-refractivity contribution in [3.63, 3.8) is 0 Å². The van der Waals surface area contributed by atoms with Crippen molar-refractivity contribution in [1.82, 2.24) is 4.90 Å². The minimum absolute atomic E-state index is 0.0217. The van der Waals surface area contributed by atoms with E-state index in [1.54, 1.807) is 11.8 Å². The van der Waals surface area contributed by atoms with Crippen molar-refractivity contribution in [1.29, 1.82) is 0 Å². The van der Waals surface area contributed by atoms with Crippen LogP contribution in [-0.4, -0.2) is 82.0 Å². The van der Waals surface area contributed by atoms with Gasteiger partial charge in [-0.1, -0.05) is 48.5 Å². The fraction of sp³-hybridized carbons (Fsp3) is 0.576. The first-order valence-corrected chi connectivity index (χ1v) is 14.8. The fourth-order valence-electron chi connectivity index (χ4n) is 3.69. The summed E-state index contributed by atoms with van der Waals surface area (Å²) < 4.78 is 36.0. The van der Waals surface area contributed by atoms with Crippen LogP contribution in [0.25, 0.3) is 0 Å². The maximum Gasteiger partial charge on any atom is 0.412 e. The Labute approximate surface area is 257 Å². The Balaban J connectivity index is 0.000000328. The third-order valence-electron chi connectivity index (χ3n) is 5.76. The lowest BCUT2D eigenvalue weighted by Gasteiger charge is -2.25. The zero-order chi connectivity index (χ0) is 32.0. The number of ether oxygens (including phenoxy) is 7. The Bertz CT molecular complexity index is 1000. The SMILES string of the molecule is CC(C)OCOC(=O)N1CCOCC1.CCOCOCc1ccccc1.Cc1cccc(C)c1C(=O)OC(C)OC(C)C. The number of hydrogen-bond acceptors (Lipinski definition) is 9. The van der Waals surface area contributed by atoms with Crippen LogP contribution in [0.2, 0.25) is 0 Å². The van der Waals surface area contributed by atoms with Gasteiger partial charge in [0.15, 0.2) is 6.79 Å². The number of carbonyl (C=O) groups excluding carboxylic acids is 2. The molecule has 2 aromatic carbocycles. The minimum atomic E-state index is -0.526. The molecule has 0 radical (unpaired) electrons. The number of nitrogens with zero attached hydrogens (tertiary/aromatic N) is 1. The number of benzene rings is 2. The molecule has 1 aliphatic heterocycles. The first-order chi connectivity index (χ1) is 20.5. The van der Waals surface area contributed by atoms with Gasteiger partial charge in [0.1, 0.15) is 6.79 Å². The number of rotatable bonds is 12. The molecule has 0 bridgehead atoms. The third-order valence-corrected chi connectivity index (χ3v) is 5.76. The average molecular weight is 606 g/mol. The second kappa shape index (κ2) is 22.5. The Morgan fingerprint density at radius 3 is 2.02 bits per heavy atom. The molecule has 1 amide bonds. The summed E-state index contributed by atoms with van der Waals surface area (Å²) in [5.41, 5.74) is 3.66. The molecule has 1 fully saturated rings. The predicted octanol–water partition coefficient (Wildman–Crippen LogP) is 6.27. The normalized spacial score (nSPS) is 13.4. The van der Waals surface area contributed by atoms with Crippen LogP contribution < -0.4 is 0 Å². The van der Waals surface area contributed by atoms with Crippen molar-refractivity contribution in [3.8, 4) is 0 Å². The van der Waals surface area contributed by atoms with Gasteiger partial charge in [-0.15, -0.1) is 0 Å². The molecule has 1 atom stereocenters. The summed E-state index contributed by atoms with van der Waals surface area (Å²) in [6.07, 6.45) is -0.737. The Kier molecular flexibility index (Phi) is 19.9. The van der Waals surface area contributed by atoms with Crippen LogP contribution in [0.1, 0.15) is 68.6 Å². The molecule has 43 heavy (non-hydrogen) atoms. The summed E-state index contributed by atoms with van der Waals surface area (Å²) in [5.74, 6) is -0.325. The minimum Gasteiger partial charge on any atom is -0.432 e. The van der Waals surface area contributed by atoms with Gasteiger partial charge in [-0.2, -0.15) is 0 Å². The van der Waals surface area contributed by atoms with Crippen LogP contribution >= 0.6 is 0 Å². The summed E-state index contributed by atoms with van der Waals surface area (Å²) in [6, 6.07) is 15.8. The van der Waals surface area contributed by atoms with Crippen molar-refractivity contribution >= 4 is 12.1 Å². The van der Waals surface area contributed by atoms with E-state index in [-0.39, 0.29) is 31.1 Å². The van der Waals surface area contributed by atoms with Crippen LogP contribution in [0.15, 0.2) is 48.5 Å². The van der Waals surface area contributed by atoms with Gasteiger partial charge in [0.2, 0.25) is 6.29 Å². The van der Waals surface area contributed by atoms with Crippen molar-refractivity contribution < 1.29 is 42.7 Å². The molecule has 3 rings (SSSR count). The van der Waals surface area contributed by atoms with Gasteiger partial charge < -0.3 is 38.1 Å². The lowest BCUT2D eigenvalue weighted by Crippen LogP contribution is -2.41. The van der Waals surface area contributed by atoms with E-state index in [2.05, 4.69) is 0 Å². The van der Waals surface area contributed by atoms with E-state index in [1.807, 2.05) is 97.0 Å². The number of morpholine rings is 1. The van der Waals surface area contributed by atoms with E-state index in [9.17, 15) is 9.59 Å². The zero-order valence-electron chi connectivity index (χ0n) is 27.1. The second-order valence-corrected chi connectivity index (χ2v) is 10.2. The van der Waals surface area contributed by atoms with E-state index in [4.69, 9.17) is 33.2 Å². The molecule has 10 nitrogen and oxygen atoms in total. The number of carbonyl (C=O) groups is 2. The van der Waals surface area contributed by atoms with Crippen molar-refractivity contribution in [3.05, 3.63) is 70.8 Å². The Morgan fingerprint density at radius 1 is 0.837 bits per heavy atom. The molecule has 1 aliphatic rings. The van der Waals surface area contributed by atoms with E-state index in [0.717, 1.165) is 11.1 Å². The summed E-state index contributed by atoms with van der Waals surface area (Å²) in [5, 5.41) is 0. The highest BCUT2D eigenvalue weighted by Gasteiger charge is 2.18. The number of esters is 1. The molecule has 10 heteroatoms. The van der Waals surface area contributed by atoms with Gasteiger partial charge in [-0.3, -0.25) is 0 Å². The summed E-state index contributed by atoms with van der Waals surface area (Å²) in [6.45, 7) is 19.2. The van der Waals surface area contributed by atoms with E-state index in [0.29, 0.717) is 51.9 Å². The highest BCUT2D eigenvalue weighted by molar-refractivity contribution is 5.92. The van der Waals surface area contributed by atoms with E-state index >= 15 is 0 Å². The van der Waals surface area contributed by atoms with Crippen LogP contribution in [0.3, 0.4) is 0 Å². The molecule has 0 aliphatic carbocycles. The maximum absolute atomic E-state index is 12.0. The lowest BCUT2D eigenvalue weighted by atomic mass is 10.0. The van der Waals surface area contributed by atoms with Crippen LogP contribution in [0.5, 0.6) is 0 Å². The molecule has 1 saturated heterocycles. The van der Waals surface area contributed by atoms with Gasteiger partial charge in [0, 0.05) is 19.7 Å². The molecule has 0 N–H and O–H groups in total. The molecule has 0 spiro atoms. The molecule has 1 heterocycles. The maximum atomic E-state index is 12.0. The van der Waals surface area contributed by atoms with Crippen molar-refractivity contribution in [2.45, 2.75) is 80.5 Å². The molecular formula is C33H51NO9. The average Bonchev–Trinajstić information content (AvgIpc) is 2.96. The lowest BCUT2D eigenvalue weighted by molar-refractivity contribution is -0.120. The topological polar surface area (TPSA) is 102 Å². The molecule has 242 valence electrons. The highest BCUT2D eigenvalue weighted by atomic mass is 16.7. The first-order valence-electron chi connectivity index (χ1n) is 14.8. The van der Waals surface area contributed by atoms with E-state index < -0.39 is 6.29 Å². The number of aryl methyl sites for hydroxylation is 2. The van der Waals surface area contributed by atoms with E-state index in [1.165, 1.54) is 5.56 Å². The van der Waals surface area contributed by atoms with Gasteiger partial charge in [0.05, 0.1) is 37.6 Å². The first kappa shape index (κ1) is 38.0. The molecular weight excluding hydrogens is 554 g/mol. The third kappa shape index (κ3) is 17.6. The van der Waals surface area contributed by atoms with Crippen LogP contribution in [0, 0.1) is 13.8 Å². The smallest absolute Gasteiger partial charge is 0.412 e. The molecule has 1 unspecified atom stereocenters. The molecule has 0 aromatic heterocycles. The molecule has 2 aromatic rings. The monoisotopic (exact) mass is 605 g/mol. The fourth-order valence-corrected chi connectivity index (χ4v) is 3.69. The van der Waals surface area contributed by atoms with Crippen molar-refractivity contribution in [2.75, 3.05) is 46.5 Å².